The van der Waals surface area contributed by atoms with Gasteiger partial charge in [-0.3, -0.25) is 0 Å². The highest BCUT2D eigenvalue weighted by Crippen LogP contribution is 2.37. The highest BCUT2D eigenvalue weighted by atomic mass is 32.2. The molecule has 0 saturated heterocycles. The van der Waals surface area contributed by atoms with Crippen LogP contribution in [-0.2, 0) is 23.3 Å². The quantitative estimate of drug-likeness (QED) is 0.844. The topological polar surface area (TPSA) is 35.1 Å². The van der Waals surface area contributed by atoms with Gasteiger partial charge in [0, 0.05) is 11.4 Å². The van der Waals surface area contributed by atoms with E-state index in [-0.39, 0.29) is 16.1 Å². The predicted octanol–water partition coefficient (Wildman–Crippen LogP) is 3.43. The van der Waals surface area contributed by atoms with Gasteiger partial charge in [-0.2, -0.15) is 0 Å². The van der Waals surface area contributed by atoms with Crippen molar-refractivity contribution in [2.45, 2.75) is 57.2 Å². The van der Waals surface area contributed by atoms with Crippen molar-refractivity contribution in [2.75, 3.05) is 0 Å². The number of fused-ring (bicyclic) bond motifs is 1. The van der Waals surface area contributed by atoms with Gasteiger partial charge >= 0.3 is 0 Å². The molecule has 0 aromatic heterocycles. The fraction of sp³-hybridized carbons (Fsp3) is 0.600. The summed E-state index contributed by atoms with van der Waals surface area (Å²) in [5.74, 6) is -0.194. The van der Waals surface area contributed by atoms with Gasteiger partial charge in [-0.25, -0.2) is 4.39 Å². The molecule has 0 bridgehead atoms. The van der Waals surface area contributed by atoms with E-state index in [1.165, 1.54) is 6.07 Å². The summed E-state index contributed by atoms with van der Waals surface area (Å²) in [6.45, 7) is 7.92. The second kappa shape index (κ2) is 5.08. The van der Waals surface area contributed by atoms with Crippen LogP contribution in [0.3, 0.4) is 0 Å². The largest absolute Gasteiger partial charge is 0.598 e. The lowest BCUT2D eigenvalue weighted by atomic mass is 9.78. The van der Waals surface area contributed by atoms with E-state index in [1.807, 2.05) is 26.8 Å². The molecular formula is C15H22FNOS. The van der Waals surface area contributed by atoms with Gasteiger partial charge in [0.05, 0.1) is 5.54 Å². The summed E-state index contributed by atoms with van der Waals surface area (Å²) < 4.78 is 28.6. The maximum absolute atomic E-state index is 13.3. The molecule has 2 atom stereocenters. The van der Waals surface area contributed by atoms with Gasteiger partial charge in [-0.1, -0.05) is 6.07 Å². The molecule has 0 radical (unpaired) electrons. The first-order valence-corrected chi connectivity index (χ1v) is 7.86. The molecule has 19 heavy (non-hydrogen) atoms. The van der Waals surface area contributed by atoms with Gasteiger partial charge < -0.3 is 4.55 Å². The molecule has 106 valence electrons. The zero-order valence-electron chi connectivity index (χ0n) is 12.0. The Hall–Kier alpha value is -0.580. The maximum atomic E-state index is 13.3. The minimum atomic E-state index is -1.13. The van der Waals surface area contributed by atoms with E-state index in [2.05, 4.69) is 11.6 Å². The summed E-state index contributed by atoms with van der Waals surface area (Å²) in [6, 6.07) is 4.93. The van der Waals surface area contributed by atoms with Gasteiger partial charge in [0.2, 0.25) is 0 Å². The van der Waals surface area contributed by atoms with Gasteiger partial charge in [0.15, 0.2) is 0 Å². The van der Waals surface area contributed by atoms with E-state index >= 15 is 0 Å². The van der Waals surface area contributed by atoms with Crippen LogP contribution in [0.1, 0.15) is 51.7 Å². The molecule has 2 rings (SSSR count). The zero-order chi connectivity index (χ0) is 14.3. The Balaban J connectivity index is 2.31. The second-order valence-electron chi connectivity index (χ2n) is 6.47. The van der Waals surface area contributed by atoms with Crippen LogP contribution in [0, 0.1) is 5.82 Å². The minimum absolute atomic E-state index is 0.194. The van der Waals surface area contributed by atoms with E-state index in [1.54, 1.807) is 6.07 Å². The molecule has 0 fully saturated rings. The Bertz CT molecular complexity index is 472. The zero-order valence-corrected chi connectivity index (χ0v) is 12.9. The standard InChI is InChI=1S/C15H22FNOS/c1-14(2,3)19(18)17-15(4)9-5-6-11-10-12(16)7-8-13(11)15/h7-8,10,17H,5-6,9H2,1-4H3/t15-,19?/m0/s1. The minimum Gasteiger partial charge on any atom is -0.598 e. The number of nitrogens with one attached hydrogen (secondary N) is 1. The molecule has 0 amide bonds. The van der Waals surface area contributed by atoms with Crippen LogP contribution in [-0.4, -0.2) is 9.30 Å². The molecule has 1 aromatic rings. The van der Waals surface area contributed by atoms with E-state index in [4.69, 9.17) is 0 Å². The lowest BCUT2D eigenvalue weighted by Crippen LogP contribution is -2.51. The van der Waals surface area contributed by atoms with Crippen molar-refractivity contribution in [1.82, 2.24) is 4.72 Å². The Labute approximate surface area is 118 Å². The highest BCUT2D eigenvalue weighted by Gasteiger charge is 2.39. The number of rotatable bonds is 2. The van der Waals surface area contributed by atoms with Crippen molar-refractivity contribution in [2.24, 2.45) is 0 Å². The molecule has 0 heterocycles. The summed E-state index contributed by atoms with van der Waals surface area (Å²) in [5, 5.41) is 0. The Morgan fingerprint density at radius 1 is 1.37 bits per heavy atom. The number of hydrogen-bond donors (Lipinski definition) is 1. The van der Waals surface area contributed by atoms with Crippen LogP contribution in [0.25, 0.3) is 0 Å². The SMILES string of the molecule is CC(C)(C)[S+]([O-])N[C@@]1(C)CCCc2cc(F)ccc21. The summed E-state index contributed by atoms with van der Waals surface area (Å²) in [5.41, 5.74) is 1.78. The summed E-state index contributed by atoms with van der Waals surface area (Å²) in [6.07, 6.45) is 2.81. The fourth-order valence-electron chi connectivity index (χ4n) is 2.54. The van der Waals surface area contributed by atoms with Crippen molar-refractivity contribution >= 4 is 11.4 Å². The summed E-state index contributed by atoms with van der Waals surface area (Å²) in [7, 11) is 0. The summed E-state index contributed by atoms with van der Waals surface area (Å²) >= 11 is -1.13. The Morgan fingerprint density at radius 3 is 2.68 bits per heavy atom. The fourth-order valence-corrected chi connectivity index (χ4v) is 3.47. The second-order valence-corrected chi connectivity index (χ2v) is 8.44. The molecule has 1 N–H and O–H groups in total. The van der Waals surface area contributed by atoms with Gasteiger partial charge in [0.1, 0.15) is 10.6 Å². The van der Waals surface area contributed by atoms with E-state index < -0.39 is 11.4 Å². The third kappa shape index (κ3) is 3.12. The average molecular weight is 283 g/mol. The van der Waals surface area contributed by atoms with Gasteiger partial charge in [-0.15, -0.1) is 4.72 Å². The molecule has 4 heteroatoms. The molecule has 1 aliphatic rings. The van der Waals surface area contributed by atoms with Crippen LogP contribution in [0.4, 0.5) is 4.39 Å². The van der Waals surface area contributed by atoms with Crippen molar-refractivity contribution in [3.05, 3.63) is 35.1 Å². The number of halogens is 1. The predicted molar refractivity (Wildman–Crippen MR) is 77.7 cm³/mol. The van der Waals surface area contributed by atoms with E-state index in [0.717, 1.165) is 30.4 Å². The van der Waals surface area contributed by atoms with Gasteiger partial charge in [0.25, 0.3) is 0 Å². The van der Waals surface area contributed by atoms with Crippen molar-refractivity contribution in [3.8, 4) is 0 Å². The smallest absolute Gasteiger partial charge is 0.136 e. The average Bonchev–Trinajstić information content (AvgIpc) is 2.27. The monoisotopic (exact) mass is 283 g/mol. The molecule has 1 aromatic carbocycles. The first kappa shape index (κ1) is 14.8. The van der Waals surface area contributed by atoms with Crippen LogP contribution in [0.2, 0.25) is 0 Å². The van der Waals surface area contributed by atoms with Gasteiger partial charge in [-0.05, 0) is 70.2 Å². The van der Waals surface area contributed by atoms with Crippen LogP contribution >= 0.6 is 0 Å². The summed E-state index contributed by atoms with van der Waals surface area (Å²) in [4.78, 5) is 0. The normalized spacial score (nSPS) is 24.9. The van der Waals surface area contributed by atoms with Crippen LogP contribution < -0.4 is 4.72 Å². The molecule has 2 nitrogen and oxygen atoms in total. The Kier molecular flexibility index (Phi) is 3.96. The van der Waals surface area contributed by atoms with Crippen molar-refractivity contribution < 1.29 is 8.94 Å². The maximum Gasteiger partial charge on any atom is 0.136 e. The van der Waals surface area contributed by atoms with Crippen molar-refractivity contribution in [1.29, 1.82) is 0 Å². The molecular weight excluding hydrogens is 261 g/mol. The third-order valence-electron chi connectivity index (χ3n) is 3.66. The lowest BCUT2D eigenvalue weighted by molar-refractivity contribution is 0.360. The first-order chi connectivity index (χ1) is 8.72. The van der Waals surface area contributed by atoms with E-state index in [9.17, 15) is 8.94 Å². The number of hydrogen-bond acceptors (Lipinski definition) is 2. The van der Waals surface area contributed by atoms with Crippen LogP contribution in [0.15, 0.2) is 18.2 Å². The first-order valence-electron chi connectivity index (χ1n) is 6.71. The highest BCUT2D eigenvalue weighted by molar-refractivity contribution is 7.90. The van der Waals surface area contributed by atoms with E-state index in [0.29, 0.717) is 0 Å². The molecule has 1 aliphatic carbocycles. The molecule has 1 unspecified atom stereocenters. The van der Waals surface area contributed by atoms with Crippen molar-refractivity contribution in [3.63, 3.8) is 0 Å². The molecule has 0 aliphatic heterocycles. The number of aryl methyl sites for hydroxylation is 1. The lowest BCUT2D eigenvalue weighted by Gasteiger charge is -2.38. The third-order valence-corrected chi connectivity index (χ3v) is 5.41. The number of benzene rings is 1. The molecule has 0 spiro atoms. The Morgan fingerprint density at radius 2 is 2.05 bits per heavy atom. The van der Waals surface area contributed by atoms with Crippen LogP contribution in [0.5, 0.6) is 0 Å². The molecule has 0 saturated carbocycles.